The highest BCUT2D eigenvalue weighted by Crippen LogP contribution is 2.19. The second kappa shape index (κ2) is 5.36. The van der Waals surface area contributed by atoms with Gasteiger partial charge in [-0.05, 0) is 26.1 Å². The fraction of sp³-hybridized carbons (Fsp3) is 0.364. The first kappa shape index (κ1) is 11.5. The van der Waals surface area contributed by atoms with Crippen LogP contribution in [-0.4, -0.2) is 31.2 Å². The maximum atomic E-state index is 11.7. The minimum absolute atomic E-state index is 0.00870. The number of nitrogens with one attached hydrogen (secondary N) is 1. The third-order valence-electron chi connectivity index (χ3n) is 2.09. The lowest BCUT2D eigenvalue weighted by Gasteiger charge is -2.20. The molecule has 1 amide bonds. The molecule has 1 aromatic rings. The fourth-order valence-electron chi connectivity index (χ4n) is 1.41. The van der Waals surface area contributed by atoms with Gasteiger partial charge in [0.15, 0.2) is 0 Å². The van der Waals surface area contributed by atoms with Gasteiger partial charge >= 0.3 is 0 Å². The molecular formula is C11H16N2O2. The van der Waals surface area contributed by atoms with Crippen molar-refractivity contribution in [2.45, 2.75) is 6.92 Å². The van der Waals surface area contributed by atoms with E-state index in [-0.39, 0.29) is 11.7 Å². The topological polar surface area (TPSA) is 52.6 Å². The van der Waals surface area contributed by atoms with Crippen LogP contribution in [0.15, 0.2) is 24.3 Å². The monoisotopic (exact) mass is 208 g/mol. The number of anilines is 1. The molecule has 0 aliphatic carbocycles. The Hall–Kier alpha value is -1.55. The summed E-state index contributed by atoms with van der Waals surface area (Å²) in [4.78, 5) is 13.3. The van der Waals surface area contributed by atoms with Gasteiger partial charge < -0.3 is 15.3 Å². The Labute approximate surface area is 89.5 Å². The molecule has 0 saturated heterocycles. The van der Waals surface area contributed by atoms with Crippen molar-refractivity contribution in [3.63, 3.8) is 0 Å². The van der Waals surface area contributed by atoms with E-state index in [9.17, 15) is 9.90 Å². The minimum Gasteiger partial charge on any atom is -0.508 e. The van der Waals surface area contributed by atoms with Gasteiger partial charge in [0, 0.05) is 18.3 Å². The lowest BCUT2D eigenvalue weighted by atomic mass is 10.2. The molecule has 0 atom stereocenters. The summed E-state index contributed by atoms with van der Waals surface area (Å²) >= 11 is 0. The van der Waals surface area contributed by atoms with Gasteiger partial charge in [-0.1, -0.05) is 6.07 Å². The Kier molecular flexibility index (Phi) is 4.12. The van der Waals surface area contributed by atoms with E-state index in [2.05, 4.69) is 5.32 Å². The minimum atomic E-state index is -0.00870. The number of aromatic hydroxyl groups is 1. The molecule has 1 aromatic carbocycles. The van der Waals surface area contributed by atoms with Crippen molar-refractivity contribution >= 4 is 11.6 Å². The van der Waals surface area contributed by atoms with Crippen LogP contribution in [-0.2, 0) is 4.79 Å². The highest BCUT2D eigenvalue weighted by Gasteiger charge is 2.12. The number of carbonyl (C=O) groups excluding carboxylic acids is 1. The van der Waals surface area contributed by atoms with Crippen LogP contribution in [0.1, 0.15) is 6.92 Å². The number of phenols is 1. The van der Waals surface area contributed by atoms with Crippen molar-refractivity contribution < 1.29 is 9.90 Å². The molecule has 0 unspecified atom stereocenters. The number of rotatable bonds is 4. The Morgan fingerprint density at radius 3 is 2.80 bits per heavy atom. The van der Waals surface area contributed by atoms with Crippen LogP contribution >= 0.6 is 0 Å². The molecule has 0 aliphatic rings. The summed E-state index contributed by atoms with van der Waals surface area (Å²) in [7, 11) is 1.73. The summed E-state index contributed by atoms with van der Waals surface area (Å²) in [6.45, 7) is 2.78. The molecule has 4 nitrogen and oxygen atoms in total. The van der Waals surface area contributed by atoms with E-state index in [0.717, 1.165) is 5.69 Å². The number of amides is 1. The van der Waals surface area contributed by atoms with Gasteiger partial charge in [-0.3, -0.25) is 4.79 Å². The second-order valence-electron chi connectivity index (χ2n) is 3.19. The summed E-state index contributed by atoms with van der Waals surface area (Å²) in [5, 5.41) is 12.1. The zero-order chi connectivity index (χ0) is 11.3. The molecule has 1 rings (SSSR count). The predicted molar refractivity (Wildman–Crippen MR) is 60.1 cm³/mol. The number of carbonyl (C=O) groups is 1. The third kappa shape index (κ3) is 2.95. The molecule has 0 aliphatic heterocycles. The molecule has 0 radical (unpaired) electrons. The zero-order valence-corrected chi connectivity index (χ0v) is 9.03. The van der Waals surface area contributed by atoms with Crippen LogP contribution in [0.2, 0.25) is 0 Å². The Balaban J connectivity index is 2.87. The van der Waals surface area contributed by atoms with Crippen LogP contribution in [0, 0.1) is 0 Å². The number of benzene rings is 1. The number of likely N-dealkylation sites (N-methyl/N-ethyl adjacent to an activating group) is 2. The number of hydrogen-bond donors (Lipinski definition) is 2. The summed E-state index contributed by atoms with van der Waals surface area (Å²) in [5.41, 5.74) is 0.720. The smallest absolute Gasteiger partial charge is 0.240 e. The largest absolute Gasteiger partial charge is 0.508 e. The van der Waals surface area contributed by atoms with Gasteiger partial charge in [0.05, 0.1) is 6.54 Å². The molecular weight excluding hydrogens is 192 g/mol. The van der Waals surface area contributed by atoms with E-state index in [4.69, 9.17) is 0 Å². The van der Waals surface area contributed by atoms with Crippen molar-refractivity contribution in [2.75, 3.05) is 25.0 Å². The van der Waals surface area contributed by atoms with E-state index >= 15 is 0 Å². The molecule has 2 N–H and O–H groups in total. The van der Waals surface area contributed by atoms with Gasteiger partial charge in [0.1, 0.15) is 5.75 Å². The molecule has 0 saturated carbocycles. The summed E-state index contributed by atoms with van der Waals surface area (Å²) in [5.74, 6) is 0.161. The maximum Gasteiger partial charge on any atom is 0.240 e. The van der Waals surface area contributed by atoms with E-state index in [1.165, 1.54) is 0 Å². The van der Waals surface area contributed by atoms with E-state index in [1.54, 1.807) is 36.2 Å². The Morgan fingerprint density at radius 2 is 2.27 bits per heavy atom. The number of phenolic OH excluding ortho intramolecular Hbond substituents is 1. The van der Waals surface area contributed by atoms with Crippen molar-refractivity contribution in [1.82, 2.24) is 5.32 Å². The van der Waals surface area contributed by atoms with Gasteiger partial charge in [-0.15, -0.1) is 0 Å². The van der Waals surface area contributed by atoms with E-state index < -0.39 is 0 Å². The van der Waals surface area contributed by atoms with Crippen molar-refractivity contribution in [2.24, 2.45) is 0 Å². The van der Waals surface area contributed by atoms with Crippen LogP contribution < -0.4 is 10.2 Å². The predicted octanol–water partition coefficient (Wildman–Crippen LogP) is 0.964. The van der Waals surface area contributed by atoms with Crippen LogP contribution in [0.5, 0.6) is 5.75 Å². The summed E-state index contributed by atoms with van der Waals surface area (Å²) in [6.07, 6.45) is 0. The van der Waals surface area contributed by atoms with Crippen molar-refractivity contribution in [3.05, 3.63) is 24.3 Å². The van der Waals surface area contributed by atoms with E-state index in [0.29, 0.717) is 13.1 Å². The van der Waals surface area contributed by atoms with Gasteiger partial charge in [0.2, 0.25) is 5.91 Å². The maximum absolute atomic E-state index is 11.7. The Morgan fingerprint density at radius 1 is 1.53 bits per heavy atom. The number of nitrogens with zero attached hydrogens (tertiary/aromatic N) is 1. The average molecular weight is 208 g/mol. The third-order valence-corrected chi connectivity index (χ3v) is 2.09. The highest BCUT2D eigenvalue weighted by molar-refractivity contribution is 5.94. The van der Waals surface area contributed by atoms with Crippen LogP contribution in [0.25, 0.3) is 0 Å². The molecule has 0 bridgehead atoms. The zero-order valence-electron chi connectivity index (χ0n) is 9.03. The van der Waals surface area contributed by atoms with Gasteiger partial charge in [0.25, 0.3) is 0 Å². The fourth-order valence-corrected chi connectivity index (χ4v) is 1.41. The average Bonchev–Trinajstić information content (AvgIpc) is 2.19. The van der Waals surface area contributed by atoms with E-state index in [1.807, 2.05) is 6.92 Å². The first-order chi connectivity index (χ1) is 7.19. The van der Waals surface area contributed by atoms with Crippen molar-refractivity contribution in [3.8, 4) is 5.75 Å². The SMILES string of the molecule is CCN(C(=O)CNC)c1cccc(O)c1. The first-order valence-corrected chi connectivity index (χ1v) is 4.93. The van der Waals surface area contributed by atoms with Crippen molar-refractivity contribution in [1.29, 1.82) is 0 Å². The van der Waals surface area contributed by atoms with Crippen LogP contribution in [0.3, 0.4) is 0 Å². The Bertz CT molecular complexity index is 339. The second-order valence-corrected chi connectivity index (χ2v) is 3.19. The summed E-state index contributed by atoms with van der Waals surface area (Å²) < 4.78 is 0. The summed E-state index contributed by atoms with van der Waals surface area (Å²) in [6, 6.07) is 6.69. The molecule has 15 heavy (non-hydrogen) atoms. The standard InChI is InChI=1S/C11H16N2O2/c1-3-13(11(15)8-12-2)9-5-4-6-10(14)7-9/h4-7,12,14H,3,8H2,1-2H3. The molecule has 0 fully saturated rings. The molecule has 0 aromatic heterocycles. The molecule has 82 valence electrons. The van der Waals surface area contributed by atoms with Gasteiger partial charge in [-0.25, -0.2) is 0 Å². The molecule has 0 heterocycles. The highest BCUT2D eigenvalue weighted by atomic mass is 16.3. The van der Waals surface area contributed by atoms with Crippen LogP contribution in [0.4, 0.5) is 5.69 Å². The first-order valence-electron chi connectivity index (χ1n) is 4.93. The quantitative estimate of drug-likeness (QED) is 0.775. The molecule has 4 heteroatoms. The van der Waals surface area contributed by atoms with Gasteiger partial charge in [-0.2, -0.15) is 0 Å². The molecule has 0 spiro atoms. The lowest BCUT2D eigenvalue weighted by Crippen LogP contribution is -2.37. The lowest BCUT2D eigenvalue weighted by molar-refractivity contribution is -0.117. The normalized spacial score (nSPS) is 10.0. The number of hydrogen-bond acceptors (Lipinski definition) is 3.